The molecule has 0 aliphatic heterocycles. The van der Waals surface area contributed by atoms with Crippen LogP contribution in [0.4, 0.5) is 5.69 Å². The van der Waals surface area contributed by atoms with Gasteiger partial charge in [-0.3, -0.25) is 0 Å². The molecule has 29 heavy (non-hydrogen) atoms. The van der Waals surface area contributed by atoms with E-state index >= 15 is 0 Å². The minimum Gasteiger partial charge on any atom is -0.398 e. The fourth-order valence-corrected chi connectivity index (χ4v) is 3.77. The lowest BCUT2D eigenvalue weighted by molar-refractivity contribution is 1.04. The molecule has 0 aromatic heterocycles. The van der Waals surface area contributed by atoms with Gasteiger partial charge in [-0.25, -0.2) is 0 Å². The van der Waals surface area contributed by atoms with E-state index in [4.69, 9.17) is 5.73 Å². The number of halogens is 1. The predicted molar refractivity (Wildman–Crippen MR) is 126 cm³/mol. The molecular formula is C27H26ClN. The van der Waals surface area contributed by atoms with Crippen LogP contribution in [0, 0.1) is 0 Å². The van der Waals surface area contributed by atoms with Crippen molar-refractivity contribution in [1.82, 2.24) is 0 Å². The Bertz CT molecular complexity index is 1030. The fraction of sp³-hybridized carbons (Fsp3) is 0.111. The maximum absolute atomic E-state index is 6.49. The summed E-state index contributed by atoms with van der Waals surface area (Å²) in [6.07, 6.45) is 2.68. The molecule has 4 aromatic carbocycles. The standard InChI is InChI=1S/C27H25N.ClH/c28-27-17-16-24(18-21-10-4-1-5-11-21)25(19-22-12-6-2-7-13-22)26(27)20-23-14-8-3-9-15-23;/h1-17H,18-20,28H2;1H. The first-order chi connectivity index (χ1) is 13.8. The van der Waals surface area contributed by atoms with Crippen molar-refractivity contribution >= 4 is 18.1 Å². The normalized spacial score (nSPS) is 10.3. The molecule has 0 radical (unpaired) electrons. The smallest absolute Gasteiger partial charge is 0.0353 e. The monoisotopic (exact) mass is 399 g/mol. The second-order valence-electron chi connectivity index (χ2n) is 7.26. The van der Waals surface area contributed by atoms with Gasteiger partial charge in [-0.2, -0.15) is 0 Å². The van der Waals surface area contributed by atoms with Gasteiger partial charge in [0.1, 0.15) is 0 Å². The zero-order valence-corrected chi connectivity index (χ0v) is 17.2. The highest BCUT2D eigenvalue weighted by Gasteiger charge is 2.14. The van der Waals surface area contributed by atoms with Gasteiger partial charge in [0.05, 0.1) is 0 Å². The van der Waals surface area contributed by atoms with Crippen LogP contribution in [0.2, 0.25) is 0 Å². The SMILES string of the molecule is Cl.Nc1ccc(Cc2ccccc2)c(Cc2ccccc2)c1Cc1ccccc1. The number of benzene rings is 4. The first kappa shape index (κ1) is 20.7. The van der Waals surface area contributed by atoms with Crippen LogP contribution in [-0.2, 0) is 19.3 Å². The van der Waals surface area contributed by atoms with Gasteiger partial charge >= 0.3 is 0 Å². The molecule has 0 atom stereocenters. The Morgan fingerprint density at radius 2 is 0.862 bits per heavy atom. The Morgan fingerprint density at radius 3 is 1.34 bits per heavy atom. The van der Waals surface area contributed by atoms with Gasteiger partial charge in [0.15, 0.2) is 0 Å². The summed E-state index contributed by atoms with van der Waals surface area (Å²) in [5, 5.41) is 0. The summed E-state index contributed by atoms with van der Waals surface area (Å²) in [5.41, 5.74) is 15.3. The maximum atomic E-state index is 6.49. The van der Waals surface area contributed by atoms with Crippen molar-refractivity contribution in [3.05, 3.63) is 137 Å². The van der Waals surface area contributed by atoms with Crippen molar-refractivity contribution < 1.29 is 0 Å². The van der Waals surface area contributed by atoms with E-state index in [-0.39, 0.29) is 12.4 Å². The van der Waals surface area contributed by atoms with E-state index in [1.165, 1.54) is 33.4 Å². The molecule has 0 aliphatic carbocycles. The number of hydrogen-bond acceptors (Lipinski definition) is 1. The average Bonchev–Trinajstić information content (AvgIpc) is 2.75. The van der Waals surface area contributed by atoms with Gasteiger partial charge < -0.3 is 5.73 Å². The van der Waals surface area contributed by atoms with Crippen LogP contribution in [0.25, 0.3) is 0 Å². The van der Waals surface area contributed by atoms with Gasteiger partial charge in [-0.05, 0) is 58.7 Å². The number of rotatable bonds is 6. The lowest BCUT2D eigenvalue weighted by Crippen LogP contribution is -2.07. The van der Waals surface area contributed by atoms with Crippen molar-refractivity contribution in [2.45, 2.75) is 19.3 Å². The summed E-state index contributed by atoms with van der Waals surface area (Å²) in [6, 6.07) is 36.2. The van der Waals surface area contributed by atoms with Crippen molar-refractivity contribution in [3.63, 3.8) is 0 Å². The quantitative estimate of drug-likeness (QED) is 0.370. The molecule has 4 aromatic rings. The highest BCUT2D eigenvalue weighted by molar-refractivity contribution is 5.85. The van der Waals surface area contributed by atoms with E-state index in [1.54, 1.807) is 0 Å². The number of nitrogen functional groups attached to an aromatic ring is 1. The number of nitrogens with two attached hydrogens (primary N) is 1. The zero-order valence-electron chi connectivity index (χ0n) is 16.4. The van der Waals surface area contributed by atoms with E-state index in [0.29, 0.717) is 0 Å². The van der Waals surface area contributed by atoms with E-state index in [2.05, 4.69) is 103 Å². The van der Waals surface area contributed by atoms with Gasteiger partial charge in [0, 0.05) is 5.69 Å². The summed E-state index contributed by atoms with van der Waals surface area (Å²) < 4.78 is 0. The molecule has 0 aliphatic rings. The molecule has 0 unspecified atom stereocenters. The Kier molecular flexibility index (Phi) is 7.10. The van der Waals surface area contributed by atoms with Crippen LogP contribution in [0.1, 0.15) is 33.4 Å². The Balaban J connectivity index is 0.00000240. The highest BCUT2D eigenvalue weighted by Crippen LogP contribution is 2.28. The summed E-state index contributed by atoms with van der Waals surface area (Å²) in [5.74, 6) is 0. The van der Waals surface area contributed by atoms with Gasteiger partial charge in [-0.1, -0.05) is 97.1 Å². The Labute approximate surface area is 179 Å². The molecule has 0 fully saturated rings. The summed E-state index contributed by atoms with van der Waals surface area (Å²) in [6.45, 7) is 0. The van der Waals surface area contributed by atoms with Gasteiger partial charge in [-0.15, -0.1) is 12.4 Å². The lowest BCUT2D eigenvalue weighted by atomic mass is 9.88. The van der Waals surface area contributed by atoms with Crippen LogP contribution in [0.15, 0.2) is 103 Å². The van der Waals surface area contributed by atoms with Crippen LogP contribution in [0.5, 0.6) is 0 Å². The number of hydrogen-bond donors (Lipinski definition) is 1. The topological polar surface area (TPSA) is 26.0 Å². The molecule has 2 heteroatoms. The molecular weight excluding hydrogens is 374 g/mol. The number of anilines is 1. The molecule has 146 valence electrons. The minimum atomic E-state index is 0. The minimum absolute atomic E-state index is 0. The second-order valence-corrected chi connectivity index (χ2v) is 7.26. The zero-order chi connectivity index (χ0) is 19.2. The van der Waals surface area contributed by atoms with E-state index in [0.717, 1.165) is 24.9 Å². The third kappa shape index (κ3) is 5.28. The van der Waals surface area contributed by atoms with E-state index in [1.807, 2.05) is 0 Å². The fourth-order valence-electron chi connectivity index (χ4n) is 3.77. The summed E-state index contributed by atoms with van der Waals surface area (Å²) >= 11 is 0. The van der Waals surface area contributed by atoms with E-state index in [9.17, 15) is 0 Å². The molecule has 0 spiro atoms. The first-order valence-corrected chi connectivity index (χ1v) is 9.80. The molecule has 0 bridgehead atoms. The third-order valence-corrected chi connectivity index (χ3v) is 5.25. The van der Waals surface area contributed by atoms with E-state index < -0.39 is 0 Å². The lowest BCUT2D eigenvalue weighted by Gasteiger charge is -2.18. The molecule has 4 rings (SSSR count). The van der Waals surface area contributed by atoms with Crippen molar-refractivity contribution in [2.24, 2.45) is 0 Å². The summed E-state index contributed by atoms with van der Waals surface area (Å²) in [4.78, 5) is 0. The van der Waals surface area contributed by atoms with Gasteiger partial charge in [0.25, 0.3) is 0 Å². The van der Waals surface area contributed by atoms with Crippen LogP contribution in [-0.4, -0.2) is 0 Å². The van der Waals surface area contributed by atoms with Crippen LogP contribution < -0.4 is 5.73 Å². The summed E-state index contributed by atoms with van der Waals surface area (Å²) in [7, 11) is 0. The molecule has 0 saturated heterocycles. The van der Waals surface area contributed by atoms with Crippen molar-refractivity contribution in [3.8, 4) is 0 Å². The molecule has 0 heterocycles. The maximum Gasteiger partial charge on any atom is 0.0353 e. The van der Waals surface area contributed by atoms with Crippen molar-refractivity contribution in [2.75, 3.05) is 5.73 Å². The molecule has 1 nitrogen and oxygen atoms in total. The third-order valence-electron chi connectivity index (χ3n) is 5.25. The van der Waals surface area contributed by atoms with Crippen LogP contribution >= 0.6 is 12.4 Å². The average molecular weight is 400 g/mol. The predicted octanol–water partition coefficient (Wildman–Crippen LogP) is 6.46. The Hall–Kier alpha value is -3.03. The molecule has 0 amide bonds. The molecule has 0 saturated carbocycles. The first-order valence-electron chi connectivity index (χ1n) is 9.80. The largest absolute Gasteiger partial charge is 0.398 e. The second kappa shape index (κ2) is 9.95. The van der Waals surface area contributed by atoms with Crippen LogP contribution in [0.3, 0.4) is 0 Å². The molecule has 2 N–H and O–H groups in total. The van der Waals surface area contributed by atoms with Gasteiger partial charge in [0.2, 0.25) is 0 Å². The van der Waals surface area contributed by atoms with Crippen molar-refractivity contribution in [1.29, 1.82) is 0 Å². The highest BCUT2D eigenvalue weighted by atomic mass is 35.5. The Morgan fingerprint density at radius 1 is 0.448 bits per heavy atom.